The van der Waals surface area contributed by atoms with Gasteiger partial charge in [-0.1, -0.05) is 98.1 Å². The van der Waals surface area contributed by atoms with Crippen LogP contribution in [0.25, 0.3) is 0 Å². The lowest BCUT2D eigenvalue weighted by molar-refractivity contribution is -0.150. The van der Waals surface area contributed by atoms with Crippen molar-refractivity contribution in [2.75, 3.05) is 19.6 Å². The zero-order valence-electron chi connectivity index (χ0n) is 34.2. The van der Waals surface area contributed by atoms with Gasteiger partial charge in [-0.3, -0.25) is 29.1 Å². The van der Waals surface area contributed by atoms with Crippen LogP contribution in [-0.4, -0.2) is 69.8 Å². The van der Waals surface area contributed by atoms with E-state index in [1.165, 1.54) is 22.3 Å². The first-order valence-corrected chi connectivity index (χ1v) is 22.3. The Morgan fingerprint density at radius 2 is 1.07 bits per heavy atom. The van der Waals surface area contributed by atoms with Gasteiger partial charge < -0.3 is 0 Å². The molecule has 7 unspecified atom stereocenters. The Kier molecular flexibility index (Phi) is 10.2. The lowest BCUT2D eigenvalue weighted by atomic mass is 9.68. The Bertz CT molecular complexity index is 1950. The van der Waals surface area contributed by atoms with Gasteiger partial charge in [-0.15, -0.1) is 0 Å². The van der Waals surface area contributed by atoms with Gasteiger partial charge in [0, 0.05) is 57.0 Å². The SMILES string of the molecule is CC1C(Cc2cccc(C3(N4C(C)CC4C)CCCCC3=O)c2)CN1C1(c2cccc(CC3CN(C4(c5ccccc5)CCCCC4=O)C3)c2)CCCCC1=O. The number of hydrogen-bond donors (Lipinski definition) is 0. The summed E-state index contributed by atoms with van der Waals surface area (Å²) >= 11 is 0. The highest BCUT2D eigenvalue weighted by atomic mass is 16.1. The van der Waals surface area contributed by atoms with E-state index in [2.05, 4.69) is 108 Å². The Labute approximate surface area is 335 Å². The quantitative estimate of drug-likeness (QED) is 0.206. The molecule has 3 saturated carbocycles. The maximum absolute atomic E-state index is 14.3. The third-order valence-corrected chi connectivity index (χ3v) is 15.7. The second-order valence-corrected chi connectivity index (χ2v) is 18.9. The van der Waals surface area contributed by atoms with Crippen molar-refractivity contribution in [2.24, 2.45) is 11.8 Å². The van der Waals surface area contributed by atoms with E-state index in [0.29, 0.717) is 60.5 Å². The van der Waals surface area contributed by atoms with Crippen molar-refractivity contribution in [1.29, 1.82) is 0 Å². The minimum Gasteiger partial charge on any atom is -0.297 e. The van der Waals surface area contributed by atoms with Crippen LogP contribution in [0.4, 0.5) is 0 Å². The molecule has 3 aromatic rings. The van der Waals surface area contributed by atoms with E-state index >= 15 is 0 Å². The van der Waals surface area contributed by atoms with Gasteiger partial charge in [0.1, 0.15) is 16.6 Å². The summed E-state index contributed by atoms with van der Waals surface area (Å²) in [4.78, 5) is 49.4. The molecule has 3 saturated heterocycles. The van der Waals surface area contributed by atoms with Gasteiger partial charge in [0.05, 0.1) is 0 Å². The predicted molar refractivity (Wildman–Crippen MR) is 222 cm³/mol. The summed E-state index contributed by atoms with van der Waals surface area (Å²) in [5.74, 6) is 2.14. The molecule has 6 fully saturated rings. The van der Waals surface area contributed by atoms with Crippen LogP contribution in [0.3, 0.4) is 0 Å². The zero-order valence-corrected chi connectivity index (χ0v) is 34.2. The second kappa shape index (κ2) is 15.1. The van der Waals surface area contributed by atoms with Gasteiger partial charge in [0.25, 0.3) is 0 Å². The fourth-order valence-electron chi connectivity index (χ4n) is 12.8. The molecule has 296 valence electrons. The number of ketones is 3. The molecule has 6 nitrogen and oxygen atoms in total. The maximum atomic E-state index is 14.3. The fraction of sp³-hybridized carbons (Fsp3) is 0.580. The van der Waals surface area contributed by atoms with E-state index in [1.807, 2.05) is 6.07 Å². The van der Waals surface area contributed by atoms with Crippen molar-refractivity contribution in [1.82, 2.24) is 14.7 Å². The molecule has 3 aromatic carbocycles. The molecule has 3 aliphatic heterocycles. The highest BCUT2D eigenvalue weighted by molar-refractivity contribution is 5.92. The summed E-state index contributed by atoms with van der Waals surface area (Å²) in [6.07, 6.45) is 14.1. The first kappa shape index (κ1) is 38.1. The van der Waals surface area contributed by atoms with Gasteiger partial charge >= 0.3 is 0 Å². The monoisotopic (exact) mass is 753 g/mol. The third kappa shape index (κ3) is 6.11. The maximum Gasteiger partial charge on any atom is 0.157 e. The largest absolute Gasteiger partial charge is 0.297 e. The van der Waals surface area contributed by atoms with Gasteiger partial charge in [-0.25, -0.2) is 0 Å². The molecule has 0 radical (unpaired) electrons. The molecule has 7 atom stereocenters. The van der Waals surface area contributed by atoms with Crippen LogP contribution >= 0.6 is 0 Å². The summed E-state index contributed by atoms with van der Waals surface area (Å²) in [7, 11) is 0. The zero-order chi connectivity index (χ0) is 38.7. The topological polar surface area (TPSA) is 60.9 Å². The van der Waals surface area contributed by atoms with Crippen LogP contribution in [-0.2, 0) is 43.8 Å². The Hall–Kier alpha value is -3.45. The van der Waals surface area contributed by atoms with Crippen LogP contribution in [0.15, 0.2) is 78.9 Å². The Morgan fingerprint density at radius 3 is 1.62 bits per heavy atom. The average molecular weight is 754 g/mol. The number of hydrogen-bond acceptors (Lipinski definition) is 6. The summed E-state index contributed by atoms with van der Waals surface area (Å²) in [6, 6.07) is 29.8. The highest BCUT2D eigenvalue weighted by Gasteiger charge is 2.56. The van der Waals surface area contributed by atoms with Crippen molar-refractivity contribution < 1.29 is 14.4 Å². The van der Waals surface area contributed by atoms with Gasteiger partial charge in [0.15, 0.2) is 17.3 Å². The number of likely N-dealkylation sites (tertiary alicyclic amines) is 3. The predicted octanol–water partition coefficient (Wildman–Crippen LogP) is 8.92. The average Bonchev–Trinajstić information content (AvgIpc) is 3.20. The number of carbonyl (C=O) groups excluding carboxylic acids is 3. The minimum absolute atomic E-state index is 0.285. The standard InChI is InChI=1S/C50H63N3O3/c1-35-27-36(2)53(35)50(26-12-9-23-47(50)56)44-20-14-16-39(31-44)29-41-34-52(37(41)3)49(25-11-8-22-46(49)55)43-19-13-15-38(30-43)28-40-32-51(33-40)48(24-10-7-21-45(48)54)42-17-5-4-6-18-42/h4-6,13-20,30-31,35-37,40-41H,7-12,21-29,32-34H2,1-3H3. The van der Waals surface area contributed by atoms with Crippen molar-refractivity contribution in [3.63, 3.8) is 0 Å². The smallest absolute Gasteiger partial charge is 0.157 e. The van der Waals surface area contributed by atoms with Gasteiger partial charge in [-0.2, -0.15) is 0 Å². The molecule has 0 spiro atoms. The second-order valence-electron chi connectivity index (χ2n) is 18.9. The molecule has 0 bridgehead atoms. The van der Waals surface area contributed by atoms with Crippen molar-refractivity contribution in [2.45, 2.75) is 152 Å². The molecule has 0 N–H and O–H groups in total. The van der Waals surface area contributed by atoms with E-state index in [9.17, 15) is 14.4 Å². The molecule has 6 aliphatic rings. The third-order valence-electron chi connectivity index (χ3n) is 15.7. The number of nitrogens with zero attached hydrogens (tertiary/aromatic N) is 3. The van der Waals surface area contributed by atoms with Crippen LogP contribution in [0.1, 0.15) is 132 Å². The van der Waals surface area contributed by atoms with E-state index in [0.717, 1.165) is 102 Å². The van der Waals surface area contributed by atoms with Crippen molar-refractivity contribution >= 4 is 17.3 Å². The van der Waals surface area contributed by atoms with Gasteiger partial charge in [-0.05, 0) is 118 Å². The molecule has 6 heteroatoms. The van der Waals surface area contributed by atoms with E-state index in [1.54, 1.807) is 0 Å². The summed E-state index contributed by atoms with van der Waals surface area (Å²) < 4.78 is 0. The molecule has 56 heavy (non-hydrogen) atoms. The Morgan fingerprint density at radius 1 is 0.554 bits per heavy atom. The molecule has 0 aromatic heterocycles. The lowest BCUT2D eigenvalue weighted by Gasteiger charge is -2.58. The number of carbonyl (C=O) groups is 3. The van der Waals surface area contributed by atoms with Crippen LogP contribution < -0.4 is 0 Å². The summed E-state index contributed by atoms with van der Waals surface area (Å²) in [5, 5.41) is 0. The van der Waals surface area contributed by atoms with Crippen LogP contribution in [0.5, 0.6) is 0 Å². The molecule has 9 rings (SSSR count). The summed E-state index contributed by atoms with van der Waals surface area (Å²) in [5.41, 5.74) is 4.66. The van der Waals surface area contributed by atoms with Crippen LogP contribution in [0, 0.1) is 11.8 Å². The Balaban J connectivity index is 0.912. The molecule has 3 aliphatic carbocycles. The molecular weight excluding hydrogens is 691 g/mol. The molecule has 0 amide bonds. The first-order valence-electron chi connectivity index (χ1n) is 22.3. The summed E-state index contributed by atoms with van der Waals surface area (Å²) in [6.45, 7) is 9.72. The van der Waals surface area contributed by atoms with Gasteiger partial charge in [0.2, 0.25) is 0 Å². The highest BCUT2D eigenvalue weighted by Crippen LogP contribution is 2.50. The lowest BCUT2D eigenvalue weighted by Crippen LogP contribution is -2.67. The number of Topliss-reactive ketones (excluding diaryl/α,β-unsaturated/α-hetero) is 3. The minimum atomic E-state index is -0.564. The molecular formula is C50H63N3O3. The van der Waals surface area contributed by atoms with Crippen molar-refractivity contribution in [3.05, 3.63) is 107 Å². The molecule has 3 heterocycles. The number of benzene rings is 3. The normalized spacial score (nSPS) is 34.8. The van der Waals surface area contributed by atoms with E-state index in [4.69, 9.17) is 0 Å². The van der Waals surface area contributed by atoms with E-state index < -0.39 is 16.6 Å². The van der Waals surface area contributed by atoms with Crippen LogP contribution in [0.2, 0.25) is 0 Å². The fourth-order valence-corrected chi connectivity index (χ4v) is 12.8. The van der Waals surface area contributed by atoms with E-state index in [-0.39, 0.29) is 6.04 Å². The van der Waals surface area contributed by atoms with Crippen molar-refractivity contribution in [3.8, 4) is 0 Å². The first-order chi connectivity index (χ1) is 27.2. The number of rotatable bonds is 10.